The third-order valence-electron chi connectivity index (χ3n) is 7.29. The molecule has 0 atom stereocenters. The second kappa shape index (κ2) is 9.70. The molecule has 1 heterocycles. The minimum absolute atomic E-state index is 0.741. The van der Waals surface area contributed by atoms with E-state index in [0.29, 0.717) is 0 Å². The van der Waals surface area contributed by atoms with Crippen molar-refractivity contribution in [2.24, 2.45) is 0 Å². The van der Waals surface area contributed by atoms with Crippen molar-refractivity contribution in [3.63, 3.8) is 0 Å². The summed E-state index contributed by atoms with van der Waals surface area (Å²) in [6, 6.07) is 53.2. The molecule has 2 radical (unpaired) electrons. The van der Waals surface area contributed by atoms with Crippen LogP contribution in [-0.4, -0.2) is 12.4 Å². The van der Waals surface area contributed by atoms with Crippen molar-refractivity contribution >= 4 is 52.2 Å². The molecule has 6 aromatic carbocycles. The van der Waals surface area contributed by atoms with E-state index in [-0.39, 0.29) is 0 Å². The predicted molar refractivity (Wildman–Crippen MR) is 166 cm³/mol. The van der Waals surface area contributed by atoms with Crippen LogP contribution < -0.4 is 10.4 Å². The van der Waals surface area contributed by atoms with E-state index in [9.17, 15) is 0 Å². The fourth-order valence-electron chi connectivity index (χ4n) is 5.56. The number of para-hydroxylation sites is 3. The van der Waals surface area contributed by atoms with Crippen LogP contribution in [0.25, 0.3) is 38.6 Å². The summed E-state index contributed by atoms with van der Waals surface area (Å²) in [5.74, 6) is 0. The molecule has 1 aromatic heterocycles. The molecule has 0 spiro atoms. The number of hydrogen-bond donors (Lipinski definition) is 0. The molecule has 39 heavy (non-hydrogen) atoms. The largest absolute Gasteiger partial charge is 0.310 e. The summed E-state index contributed by atoms with van der Waals surface area (Å²) in [6.45, 7) is 0. The van der Waals surface area contributed by atoms with Gasteiger partial charge in [0.2, 0.25) is 0 Å². The van der Waals surface area contributed by atoms with Gasteiger partial charge in [-0.15, -0.1) is 0 Å². The third kappa shape index (κ3) is 4.09. The first-order valence-electron chi connectivity index (χ1n) is 13.2. The molecule has 0 unspecified atom stereocenters. The smallest absolute Gasteiger partial charge is 0.113 e. The maximum absolute atomic E-state index is 6.32. The lowest BCUT2D eigenvalue weighted by molar-refractivity contribution is 1.18. The van der Waals surface area contributed by atoms with E-state index in [1.807, 2.05) is 12.1 Å². The lowest BCUT2D eigenvalue weighted by atomic mass is 9.90. The summed E-state index contributed by atoms with van der Waals surface area (Å²) in [7, 11) is 6.32. The fraction of sp³-hybridized carbons (Fsp3) is 0. The second-order valence-electron chi connectivity index (χ2n) is 9.70. The van der Waals surface area contributed by atoms with Crippen LogP contribution in [0.5, 0.6) is 0 Å². The van der Waals surface area contributed by atoms with Gasteiger partial charge in [0.05, 0.1) is 16.7 Å². The second-order valence-corrected chi connectivity index (χ2v) is 9.70. The first-order chi connectivity index (χ1) is 19.3. The van der Waals surface area contributed by atoms with Gasteiger partial charge in [-0.3, -0.25) is 0 Å². The summed E-state index contributed by atoms with van der Waals surface area (Å²) in [5.41, 5.74) is 9.69. The zero-order valence-corrected chi connectivity index (χ0v) is 21.4. The Morgan fingerprint density at radius 1 is 0.487 bits per heavy atom. The average molecular weight is 496 g/mol. The highest BCUT2D eigenvalue weighted by atomic mass is 15.1. The van der Waals surface area contributed by atoms with E-state index in [0.717, 1.165) is 44.9 Å². The van der Waals surface area contributed by atoms with Gasteiger partial charge in [0.1, 0.15) is 7.85 Å². The van der Waals surface area contributed by atoms with Crippen LogP contribution in [0.15, 0.2) is 152 Å². The first kappa shape index (κ1) is 23.1. The molecule has 7 rings (SSSR count). The summed E-state index contributed by atoms with van der Waals surface area (Å²) in [5, 5.41) is 2.47. The topological polar surface area (TPSA) is 8.17 Å². The number of benzene rings is 6. The summed E-state index contributed by atoms with van der Waals surface area (Å²) < 4.78 is 2.36. The van der Waals surface area contributed by atoms with E-state index in [2.05, 4.69) is 149 Å². The van der Waals surface area contributed by atoms with Gasteiger partial charge in [-0.25, -0.2) is 0 Å². The Bertz CT molecular complexity index is 1910. The van der Waals surface area contributed by atoms with Crippen molar-refractivity contribution in [1.82, 2.24) is 4.57 Å². The number of rotatable bonds is 5. The minimum atomic E-state index is 0.741. The maximum atomic E-state index is 6.32. The van der Waals surface area contributed by atoms with Gasteiger partial charge in [-0.2, -0.15) is 0 Å². The average Bonchev–Trinajstić information content (AvgIpc) is 3.33. The van der Waals surface area contributed by atoms with Crippen molar-refractivity contribution in [3.8, 4) is 16.8 Å². The molecular weight excluding hydrogens is 471 g/mol. The zero-order valence-electron chi connectivity index (χ0n) is 21.4. The number of hydrogen-bond acceptors (Lipinski definition) is 1. The van der Waals surface area contributed by atoms with Gasteiger partial charge in [0, 0.05) is 33.4 Å². The van der Waals surface area contributed by atoms with Crippen molar-refractivity contribution in [1.29, 1.82) is 0 Å². The van der Waals surface area contributed by atoms with Crippen molar-refractivity contribution in [2.45, 2.75) is 0 Å². The molecule has 2 nitrogen and oxygen atoms in total. The van der Waals surface area contributed by atoms with Crippen LogP contribution in [0.2, 0.25) is 0 Å². The molecule has 0 aliphatic carbocycles. The number of anilines is 3. The molecule has 0 N–H and O–H groups in total. The van der Waals surface area contributed by atoms with Crippen molar-refractivity contribution < 1.29 is 0 Å². The number of aromatic nitrogens is 1. The molecule has 0 saturated heterocycles. The minimum Gasteiger partial charge on any atom is -0.310 e. The zero-order chi connectivity index (χ0) is 26.2. The Hall–Kier alpha value is -5.02. The Morgan fingerprint density at radius 3 is 1.90 bits per heavy atom. The summed E-state index contributed by atoms with van der Waals surface area (Å²) >= 11 is 0. The van der Waals surface area contributed by atoms with E-state index in [1.165, 1.54) is 16.3 Å². The number of fused-ring (bicyclic) bond motifs is 3. The predicted octanol–water partition coefficient (Wildman–Crippen LogP) is 8.71. The molecule has 0 aliphatic heterocycles. The van der Waals surface area contributed by atoms with E-state index >= 15 is 0 Å². The lowest BCUT2D eigenvalue weighted by Crippen LogP contribution is -2.13. The summed E-state index contributed by atoms with van der Waals surface area (Å²) in [6.07, 6.45) is 0. The standard InChI is InChI=1S/C36H25BN2/c37-27-20-23-35(33(24-27)26-12-4-1-5-13-26)38(28-14-6-2-7-15-28)30-21-22-32-31-18-10-11-19-34(31)39(36(32)25-30)29-16-8-3-9-17-29/h1-25H. The maximum Gasteiger partial charge on any atom is 0.113 e. The fourth-order valence-corrected chi connectivity index (χ4v) is 5.56. The van der Waals surface area contributed by atoms with Crippen LogP contribution in [0.3, 0.4) is 0 Å². The van der Waals surface area contributed by atoms with Crippen LogP contribution in [0.1, 0.15) is 0 Å². The monoisotopic (exact) mass is 496 g/mol. The molecule has 3 heteroatoms. The number of nitrogens with zero attached hydrogens (tertiary/aromatic N) is 2. The Kier molecular flexibility index (Phi) is 5.75. The Balaban J connectivity index is 1.52. The Labute approximate surface area is 229 Å². The molecule has 0 saturated carbocycles. The van der Waals surface area contributed by atoms with E-state index in [4.69, 9.17) is 7.85 Å². The Morgan fingerprint density at radius 2 is 1.13 bits per heavy atom. The molecule has 0 amide bonds. The van der Waals surface area contributed by atoms with Crippen LogP contribution in [-0.2, 0) is 0 Å². The van der Waals surface area contributed by atoms with E-state index in [1.54, 1.807) is 0 Å². The molecule has 0 fully saturated rings. The molecular formula is C36H25BN2. The quantitative estimate of drug-likeness (QED) is 0.216. The molecule has 182 valence electrons. The first-order valence-corrected chi connectivity index (χ1v) is 13.2. The van der Waals surface area contributed by atoms with Gasteiger partial charge in [-0.05, 0) is 54.1 Å². The van der Waals surface area contributed by atoms with Gasteiger partial charge in [0.25, 0.3) is 0 Å². The highest BCUT2D eigenvalue weighted by Gasteiger charge is 2.19. The van der Waals surface area contributed by atoms with Crippen molar-refractivity contribution in [3.05, 3.63) is 152 Å². The van der Waals surface area contributed by atoms with Gasteiger partial charge in [0.15, 0.2) is 0 Å². The summed E-state index contributed by atoms with van der Waals surface area (Å²) in [4.78, 5) is 2.33. The SMILES string of the molecule is [B]c1ccc(N(c2ccccc2)c2ccc3c4ccccc4n(-c4ccccc4)c3c2)c(-c2ccccc2)c1. The van der Waals surface area contributed by atoms with Crippen molar-refractivity contribution in [2.75, 3.05) is 4.90 Å². The van der Waals surface area contributed by atoms with E-state index < -0.39 is 0 Å². The highest BCUT2D eigenvalue weighted by Crippen LogP contribution is 2.42. The van der Waals surface area contributed by atoms with Gasteiger partial charge >= 0.3 is 0 Å². The molecule has 0 aliphatic rings. The normalized spacial score (nSPS) is 11.2. The van der Waals surface area contributed by atoms with Gasteiger partial charge < -0.3 is 9.47 Å². The lowest BCUT2D eigenvalue weighted by Gasteiger charge is -2.28. The van der Waals surface area contributed by atoms with Crippen LogP contribution in [0, 0.1) is 0 Å². The van der Waals surface area contributed by atoms with Gasteiger partial charge in [-0.1, -0.05) is 109 Å². The van der Waals surface area contributed by atoms with Crippen LogP contribution in [0.4, 0.5) is 17.1 Å². The highest BCUT2D eigenvalue weighted by molar-refractivity contribution is 6.32. The molecule has 0 bridgehead atoms. The molecule has 7 aromatic rings. The van der Waals surface area contributed by atoms with Crippen LogP contribution >= 0.6 is 0 Å². The third-order valence-corrected chi connectivity index (χ3v) is 7.29.